The molecule has 0 saturated carbocycles. The average Bonchev–Trinajstić information content (AvgIpc) is 3.39. The minimum atomic E-state index is -4.50. The van der Waals surface area contributed by atoms with Crippen LogP contribution in [-0.4, -0.2) is 39.9 Å². The smallest absolute Gasteiger partial charge is 0.416 e. The topological polar surface area (TPSA) is 78.2 Å². The van der Waals surface area contributed by atoms with Crippen LogP contribution in [0.1, 0.15) is 28.8 Å². The van der Waals surface area contributed by atoms with E-state index in [0.717, 1.165) is 12.1 Å². The van der Waals surface area contributed by atoms with E-state index in [-0.39, 0.29) is 30.2 Å². The van der Waals surface area contributed by atoms with Crippen LogP contribution in [0.3, 0.4) is 0 Å². The number of halogens is 3. The molecule has 1 aromatic carbocycles. The van der Waals surface area contributed by atoms with Crippen LogP contribution in [0, 0.1) is 0 Å². The van der Waals surface area contributed by atoms with Gasteiger partial charge in [0.05, 0.1) is 24.6 Å². The molecule has 0 saturated heterocycles. The van der Waals surface area contributed by atoms with Crippen molar-refractivity contribution in [3.63, 3.8) is 0 Å². The highest BCUT2D eigenvalue weighted by molar-refractivity contribution is 5.97. The van der Waals surface area contributed by atoms with Crippen LogP contribution >= 0.6 is 0 Å². The van der Waals surface area contributed by atoms with Crippen LogP contribution in [0.15, 0.2) is 55.0 Å². The van der Waals surface area contributed by atoms with Gasteiger partial charge in [0, 0.05) is 25.4 Å². The van der Waals surface area contributed by atoms with Crippen molar-refractivity contribution in [3.8, 4) is 11.5 Å². The highest BCUT2D eigenvalue weighted by Crippen LogP contribution is 2.31. The number of nitrogens with one attached hydrogen (secondary N) is 1. The molecule has 7 nitrogen and oxygen atoms in total. The van der Waals surface area contributed by atoms with Crippen molar-refractivity contribution in [1.29, 1.82) is 0 Å². The number of ether oxygens (including phenoxy) is 1. The summed E-state index contributed by atoms with van der Waals surface area (Å²) in [7, 11) is 1.28. The average molecular weight is 420 g/mol. The van der Waals surface area contributed by atoms with Crippen LogP contribution in [0.25, 0.3) is 11.5 Å². The quantitative estimate of drug-likeness (QED) is 0.470. The van der Waals surface area contributed by atoms with E-state index in [0.29, 0.717) is 12.2 Å². The third-order valence-electron chi connectivity index (χ3n) is 4.33. The summed E-state index contributed by atoms with van der Waals surface area (Å²) in [5, 5.41) is 6.84. The predicted octanol–water partition coefficient (Wildman–Crippen LogP) is 3.36. The van der Waals surface area contributed by atoms with E-state index in [1.165, 1.54) is 30.1 Å². The first-order valence-electron chi connectivity index (χ1n) is 9.05. The zero-order valence-electron chi connectivity index (χ0n) is 16.0. The molecule has 0 fully saturated rings. The Balaban J connectivity index is 1.91. The monoisotopic (exact) mass is 420 g/mol. The number of amides is 1. The Kier molecular flexibility index (Phi) is 6.24. The van der Waals surface area contributed by atoms with Crippen molar-refractivity contribution < 1.29 is 27.5 Å². The van der Waals surface area contributed by atoms with Gasteiger partial charge in [0.1, 0.15) is 5.56 Å². The Morgan fingerprint density at radius 3 is 2.57 bits per heavy atom. The lowest BCUT2D eigenvalue weighted by molar-refractivity contribution is -0.140. The summed E-state index contributed by atoms with van der Waals surface area (Å²) in [5.74, 6) is -0.541. The van der Waals surface area contributed by atoms with Crippen LogP contribution in [0.5, 0.6) is 0 Å². The molecule has 0 radical (unpaired) electrons. The number of methoxy groups -OCH3 is 1. The lowest BCUT2D eigenvalue weighted by Crippen LogP contribution is -2.26. The third-order valence-corrected chi connectivity index (χ3v) is 4.33. The SMILES string of the molecule is COC(=O)CCCNC(=O)c1cnn(-c2cccc(C(F)(F)F)c2)c1-n1cccc1. The molecule has 3 rings (SSSR count). The predicted molar refractivity (Wildman–Crippen MR) is 101 cm³/mol. The van der Waals surface area contributed by atoms with Gasteiger partial charge in [-0.1, -0.05) is 6.07 Å². The minimum Gasteiger partial charge on any atom is -0.469 e. The van der Waals surface area contributed by atoms with Gasteiger partial charge in [0.25, 0.3) is 5.91 Å². The van der Waals surface area contributed by atoms with Crippen molar-refractivity contribution >= 4 is 11.9 Å². The number of rotatable bonds is 7. The van der Waals surface area contributed by atoms with Gasteiger partial charge in [0.15, 0.2) is 5.82 Å². The lowest BCUT2D eigenvalue weighted by Gasteiger charge is -2.13. The van der Waals surface area contributed by atoms with E-state index in [9.17, 15) is 22.8 Å². The molecule has 2 aromatic heterocycles. The first-order chi connectivity index (χ1) is 14.3. The molecule has 10 heteroatoms. The second-order valence-corrected chi connectivity index (χ2v) is 6.37. The van der Waals surface area contributed by atoms with Crippen molar-refractivity contribution in [2.75, 3.05) is 13.7 Å². The molecular formula is C20H19F3N4O3. The largest absolute Gasteiger partial charge is 0.469 e. The molecule has 0 spiro atoms. The van der Waals surface area contributed by atoms with E-state index in [1.807, 2.05) is 0 Å². The highest BCUT2D eigenvalue weighted by atomic mass is 19.4. The van der Waals surface area contributed by atoms with Crippen molar-refractivity contribution in [2.24, 2.45) is 0 Å². The van der Waals surface area contributed by atoms with Crippen LogP contribution < -0.4 is 5.32 Å². The van der Waals surface area contributed by atoms with Crippen molar-refractivity contribution in [2.45, 2.75) is 19.0 Å². The van der Waals surface area contributed by atoms with Gasteiger partial charge < -0.3 is 14.6 Å². The second kappa shape index (κ2) is 8.85. The van der Waals surface area contributed by atoms with Crippen LogP contribution in [0.4, 0.5) is 13.2 Å². The van der Waals surface area contributed by atoms with E-state index in [2.05, 4.69) is 15.2 Å². The van der Waals surface area contributed by atoms with E-state index in [4.69, 9.17) is 0 Å². The molecule has 158 valence electrons. The molecule has 1 amide bonds. The Morgan fingerprint density at radius 1 is 1.17 bits per heavy atom. The normalized spacial score (nSPS) is 11.3. The fourth-order valence-corrected chi connectivity index (χ4v) is 2.86. The summed E-state index contributed by atoms with van der Waals surface area (Å²) in [6.45, 7) is 0.230. The van der Waals surface area contributed by atoms with E-state index >= 15 is 0 Å². The standard InChI is InChI=1S/C20H19F3N4O3/c1-30-17(28)8-5-9-24-18(29)16-13-25-27(19(16)26-10-2-3-11-26)15-7-4-6-14(12-15)20(21,22)23/h2-4,6-7,10-13H,5,8-9H2,1H3,(H,24,29). The molecule has 1 N–H and O–H groups in total. The fraction of sp³-hybridized carbons (Fsp3) is 0.250. The Labute approximate surface area is 170 Å². The van der Waals surface area contributed by atoms with Crippen LogP contribution in [-0.2, 0) is 15.7 Å². The summed E-state index contributed by atoms with van der Waals surface area (Å²) < 4.78 is 46.8. The highest BCUT2D eigenvalue weighted by Gasteiger charge is 2.31. The fourth-order valence-electron chi connectivity index (χ4n) is 2.86. The number of carbonyl (C=O) groups excluding carboxylic acids is 2. The number of hydrogen-bond donors (Lipinski definition) is 1. The Bertz CT molecular complexity index is 1030. The van der Waals surface area contributed by atoms with Crippen LogP contribution in [0.2, 0.25) is 0 Å². The Morgan fingerprint density at radius 2 is 1.90 bits per heavy atom. The summed E-state index contributed by atoms with van der Waals surface area (Å²) in [6.07, 6.45) is 0.663. The lowest BCUT2D eigenvalue weighted by atomic mass is 10.2. The molecule has 2 heterocycles. The third kappa shape index (κ3) is 4.70. The molecule has 0 aliphatic rings. The number of aromatic nitrogens is 3. The first-order valence-corrected chi connectivity index (χ1v) is 9.05. The Hall–Kier alpha value is -3.56. The van der Waals surface area contributed by atoms with Crippen molar-refractivity contribution in [3.05, 3.63) is 66.1 Å². The zero-order chi connectivity index (χ0) is 21.7. The number of carbonyl (C=O) groups is 2. The van der Waals surface area contributed by atoms with E-state index in [1.54, 1.807) is 29.1 Å². The number of nitrogens with zero attached hydrogens (tertiary/aromatic N) is 3. The molecule has 3 aromatic rings. The van der Waals surface area contributed by atoms with Gasteiger partial charge in [-0.15, -0.1) is 0 Å². The van der Waals surface area contributed by atoms with Gasteiger partial charge in [-0.2, -0.15) is 18.3 Å². The maximum absolute atomic E-state index is 13.1. The molecule has 0 unspecified atom stereocenters. The molecule has 0 aliphatic carbocycles. The van der Waals surface area contributed by atoms with E-state index < -0.39 is 17.6 Å². The van der Waals surface area contributed by atoms with Crippen molar-refractivity contribution in [1.82, 2.24) is 19.7 Å². The molecule has 0 atom stereocenters. The van der Waals surface area contributed by atoms with Gasteiger partial charge in [-0.25, -0.2) is 4.68 Å². The number of alkyl halides is 3. The maximum atomic E-state index is 13.1. The summed E-state index contributed by atoms with van der Waals surface area (Å²) in [5.41, 5.74) is -0.470. The molecule has 0 bridgehead atoms. The minimum absolute atomic E-state index is 0.157. The van der Waals surface area contributed by atoms with Gasteiger partial charge >= 0.3 is 12.1 Å². The van der Waals surface area contributed by atoms with Gasteiger partial charge in [0.2, 0.25) is 0 Å². The number of benzene rings is 1. The first kappa shape index (κ1) is 21.2. The molecular weight excluding hydrogens is 401 g/mol. The van der Waals surface area contributed by atoms with Gasteiger partial charge in [-0.3, -0.25) is 9.59 Å². The number of esters is 1. The summed E-state index contributed by atoms with van der Waals surface area (Å²) in [4.78, 5) is 23.8. The van der Waals surface area contributed by atoms with Gasteiger partial charge in [-0.05, 0) is 36.8 Å². The maximum Gasteiger partial charge on any atom is 0.416 e. The summed E-state index contributed by atoms with van der Waals surface area (Å²) in [6, 6.07) is 8.15. The summed E-state index contributed by atoms with van der Waals surface area (Å²) >= 11 is 0. The second-order valence-electron chi connectivity index (χ2n) is 6.37. The molecule has 0 aliphatic heterocycles. The number of hydrogen-bond acceptors (Lipinski definition) is 4. The molecule has 30 heavy (non-hydrogen) atoms. The zero-order valence-corrected chi connectivity index (χ0v) is 16.0.